The first kappa shape index (κ1) is 20.3. The molecule has 2 aliphatic heterocycles. The number of rotatable bonds is 8. The zero-order valence-electron chi connectivity index (χ0n) is 16.5. The van der Waals surface area contributed by atoms with Crippen molar-refractivity contribution in [2.75, 3.05) is 52.5 Å². The fourth-order valence-corrected chi connectivity index (χ4v) is 3.74. The number of ether oxygens (including phenoxy) is 3. The van der Waals surface area contributed by atoms with Crippen LogP contribution in [0.25, 0.3) is 0 Å². The van der Waals surface area contributed by atoms with Gasteiger partial charge in [0.15, 0.2) is 0 Å². The van der Waals surface area contributed by atoms with Crippen LogP contribution < -0.4 is 9.47 Å². The van der Waals surface area contributed by atoms with Crippen LogP contribution >= 0.6 is 11.6 Å². The van der Waals surface area contributed by atoms with E-state index in [0.717, 1.165) is 63.9 Å². The normalized spacial score (nSPS) is 20.7. The molecule has 1 unspecified atom stereocenters. The van der Waals surface area contributed by atoms with Crippen LogP contribution in [-0.4, -0.2) is 78.4 Å². The largest absolute Gasteiger partial charge is 0.475 e. The van der Waals surface area contributed by atoms with Gasteiger partial charge in [-0.3, -0.25) is 14.8 Å². The molecule has 8 heteroatoms. The standard InChI is InChI=1S/C21H27ClN4O3/c22-18-3-1-17(2-4-18)15-26-6-5-19(16-26)29-21-14-23-13-20(24-21)28-12-9-25-7-10-27-11-8-25/h1-4,13-14,19H,5-12,15-16H2. The van der Waals surface area contributed by atoms with Crippen molar-refractivity contribution in [3.05, 3.63) is 47.2 Å². The Bertz CT molecular complexity index is 771. The minimum atomic E-state index is 0.111. The first-order valence-corrected chi connectivity index (χ1v) is 10.5. The monoisotopic (exact) mass is 418 g/mol. The van der Waals surface area contributed by atoms with Crippen molar-refractivity contribution in [1.82, 2.24) is 19.8 Å². The van der Waals surface area contributed by atoms with Gasteiger partial charge in [-0.1, -0.05) is 23.7 Å². The van der Waals surface area contributed by atoms with Gasteiger partial charge in [-0.2, -0.15) is 4.98 Å². The molecule has 0 bridgehead atoms. The lowest BCUT2D eigenvalue weighted by Crippen LogP contribution is -2.38. The Kier molecular flexibility index (Phi) is 7.16. The lowest BCUT2D eigenvalue weighted by molar-refractivity contribution is 0.0319. The highest BCUT2D eigenvalue weighted by Gasteiger charge is 2.24. The third-order valence-electron chi connectivity index (χ3n) is 5.19. The van der Waals surface area contributed by atoms with Gasteiger partial charge in [-0.05, 0) is 24.1 Å². The van der Waals surface area contributed by atoms with Crippen molar-refractivity contribution in [2.24, 2.45) is 0 Å². The van der Waals surface area contributed by atoms with E-state index in [1.54, 1.807) is 12.4 Å². The van der Waals surface area contributed by atoms with Crippen LogP contribution in [0.5, 0.6) is 11.8 Å². The topological polar surface area (TPSA) is 60.0 Å². The van der Waals surface area contributed by atoms with E-state index in [0.29, 0.717) is 18.4 Å². The molecule has 7 nitrogen and oxygen atoms in total. The van der Waals surface area contributed by atoms with Crippen LogP contribution in [0, 0.1) is 0 Å². The number of nitrogens with zero attached hydrogens (tertiary/aromatic N) is 4. The molecule has 0 spiro atoms. The van der Waals surface area contributed by atoms with E-state index in [-0.39, 0.29) is 6.10 Å². The molecule has 1 aromatic heterocycles. The van der Waals surface area contributed by atoms with Gasteiger partial charge in [0.1, 0.15) is 12.7 Å². The van der Waals surface area contributed by atoms with E-state index in [4.69, 9.17) is 25.8 Å². The van der Waals surface area contributed by atoms with Gasteiger partial charge < -0.3 is 14.2 Å². The van der Waals surface area contributed by atoms with Crippen molar-refractivity contribution in [3.63, 3.8) is 0 Å². The summed E-state index contributed by atoms with van der Waals surface area (Å²) in [7, 11) is 0. The van der Waals surface area contributed by atoms with Crippen LogP contribution in [0.4, 0.5) is 0 Å². The van der Waals surface area contributed by atoms with Gasteiger partial charge in [0, 0.05) is 44.3 Å². The number of morpholine rings is 1. The maximum atomic E-state index is 6.06. The molecule has 29 heavy (non-hydrogen) atoms. The van der Waals surface area contributed by atoms with Gasteiger partial charge in [0.2, 0.25) is 11.8 Å². The second-order valence-corrected chi connectivity index (χ2v) is 7.82. The van der Waals surface area contributed by atoms with Gasteiger partial charge >= 0.3 is 0 Å². The van der Waals surface area contributed by atoms with Crippen LogP contribution in [-0.2, 0) is 11.3 Å². The Morgan fingerprint density at radius 1 is 1.03 bits per heavy atom. The number of hydrogen-bond donors (Lipinski definition) is 0. The summed E-state index contributed by atoms with van der Waals surface area (Å²) in [4.78, 5) is 13.4. The SMILES string of the molecule is Clc1ccc(CN2CCC(Oc3cncc(OCCN4CCOCC4)n3)C2)cc1. The minimum Gasteiger partial charge on any atom is -0.475 e. The molecule has 0 radical (unpaired) electrons. The highest BCUT2D eigenvalue weighted by atomic mass is 35.5. The van der Waals surface area contributed by atoms with Gasteiger partial charge in [-0.15, -0.1) is 0 Å². The molecule has 0 aliphatic carbocycles. The molecule has 3 heterocycles. The lowest BCUT2D eigenvalue weighted by atomic mass is 10.2. The average Bonchev–Trinajstić information content (AvgIpc) is 3.17. The first-order valence-electron chi connectivity index (χ1n) is 10.1. The summed E-state index contributed by atoms with van der Waals surface area (Å²) >= 11 is 5.96. The minimum absolute atomic E-state index is 0.111. The molecular weight excluding hydrogens is 392 g/mol. The van der Waals surface area contributed by atoms with Crippen molar-refractivity contribution in [3.8, 4) is 11.8 Å². The maximum Gasteiger partial charge on any atom is 0.235 e. The summed E-state index contributed by atoms with van der Waals surface area (Å²) in [6.45, 7) is 7.68. The molecular formula is C21H27ClN4O3. The summed E-state index contributed by atoms with van der Waals surface area (Å²) in [5.74, 6) is 1.03. The molecule has 156 valence electrons. The number of hydrogen-bond acceptors (Lipinski definition) is 7. The van der Waals surface area contributed by atoms with E-state index >= 15 is 0 Å². The summed E-state index contributed by atoms with van der Waals surface area (Å²) < 4.78 is 17.2. The molecule has 2 aliphatic rings. The lowest BCUT2D eigenvalue weighted by Gasteiger charge is -2.26. The summed E-state index contributed by atoms with van der Waals surface area (Å²) in [6, 6.07) is 8.00. The second-order valence-electron chi connectivity index (χ2n) is 7.39. The molecule has 0 amide bonds. The molecule has 4 rings (SSSR count). The van der Waals surface area contributed by atoms with Crippen LogP contribution in [0.3, 0.4) is 0 Å². The Morgan fingerprint density at radius 3 is 2.66 bits per heavy atom. The van der Waals surface area contributed by atoms with Crippen LogP contribution in [0.1, 0.15) is 12.0 Å². The Labute approximate surface area is 176 Å². The number of aromatic nitrogens is 2. The highest BCUT2D eigenvalue weighted by molar-refractivity contribution is 6.30. The Morgan fingerprint density at radius 2 is 1.83 bits per heavy atom. The van der Waals surface area contributed by atoms with Gasteiger partial charge in [0.05, 0.1) is 25.6 Å². The van der Waals surface area contributed by atoms with Gasteiger partial charge in [0.25, 0.3) is 0 Å². The van der Waals surface area contributed by atoms with Crippen molar-refractivity contribution in [1.29, 1.82) is 0 Å². The molecule has 1 atom stereocenters. The van der Waals surface area contributed by atoms with Crippen molar-refractivity contribution in [2.45, 2.75) is 19.1 Å². The highest BCUT2D eigenvalue weighted by Crippen LogP contribution is 2.20. The fourth-order valence-electron chi connectivity index (χ4n) is 3.62. The van der Waals surface area contributed by atoms with Crippen LogP contribution in [0.2, 0.25) is 5.02 Å². The molecule has 1 aromatic carbocycles. The predicted octanol–water partition coefficient (Wildman–Crippen LogP) is 2.49. The Hall–Kier alpha value is -1.93. The third-order valence-corrected chi connectivity index (χ3v) is 5.44. The van der Waals surface area contributed by atoms with Crippen LogP contribution in [0.15, 0.2) is 36.7 Å². The summed E-state index contributed by atoms with van der Waals surface area (Å²) in [6.07, 6.45) is 4.36. The molecule has 0 N–H and O–H groups in total. The molecule has 2 aromatic rings. The van der Waals surface area contributed by atoms with E-state index in [1.165, 1.54) is 5.56 Å². The predicted molar refractivity (Wildman–Crippen MR) is 111 cm³/mol. The number of halogens is 1. The third kappa shape index (κ3) is 6.27. The smallest absolute Gasteiger partial charge is 0.235 e. The maximum absolute atomic E-state index is 6.06. The molecule has 2 saturated heterocycles. The second kappa shape index (κ2) is 10.2. The molecule has 0 saturated carbocycles. The Balaban J connectivity index is 1.22. The van der Waals surface area contributed by atoms with Gasteiger partial charge in [-0.25, -0.2) is 0 Å². The first-order chi connectivity index (χ1) is 14.2. The van der Waals surface area contributed by atoms with E-state index in [9.17, 15) is 0 Å². The average molecular weight is 419 g/mol. The number of likely N-dealkylation sites (tertiary alicyclic amines) is 1. The fraction of sp³-hybridized carbons (Fsp3) is 0.524. The van der Waals surface area contributed by atoms with E-state index < -0.39 is 0 Å². The number of benzene rings is 1. The summed E-state index contributed by atoms with van der Waals surface area (Å²) in [5, 5.41) is 0.766. The quantitative estimate of drug-likeness (QED) is 0.652. The van der Waals surface area contributed by atoms with Crippen molar-refractivity contribution >= 4 is 11.6 Å². The zero-order chi connectivity index (χ0) is 19.9. The van der Waals surface area contributed by atoms with E-state index in [2.05, 4.69) is 31.9 Å². The van der Waals surface area contributed by atoms with E-state index in [1.807, 2.05) is 12.1 Å². The molecule has 2 fully saturated rings. The summed E-state index contributed by atoms with van der Waals surface area (Å²) in [5.41, 5.74) is 1.26. The van der Waals surface area contributed by atoms with Crippen molar-refractivity contribution < 1.29 is 14.2 Å². The zero-order valence-corrected chi connectivity index (χ0v) is 17.3.